The first-order valence-electron chi connectivity index (χ1n) is 11.6. The number of benzene rings is 2. The number of aryl methyl sites for hydroxylation is 1. The molecule has 1 saturated heterocycles. The van der Waals surface area contributed by atoms with E-state index in [1.54, 1.807) is 25.5 Å². The van der Waals surface area contributed by atoms with Crippen LogP contribution in [0.4, 0.5) is 10.1 Å². The van der Waals surface area contributed by atoms with Crippen molar-refractivity contribution in [1.82, 2.24) is 24.6 Å². The van der Waals surface area contributed by atoms with Crippen molar-refractivity contribution in [1.29, 1.82) is 0 Å². The number of halogens is 1. The van der Waals surface area contributed by atoms with Gasteiger partial charge in [0, 0.05) is 55.0 Å². The highest BCUT2D eigenvalue weighted by atomic mass is 19.1. The quantitative estimate of drug-likeness (QED) is 0.490. The van der Waals surface area contributed by atoms with Gasteiger partial charge in [0.15, 0.2) is 17.4 Å². The van der Waals surface area contributed by atoms with Gasteiger partial charge in [-0.1, -0.05) is 13.8 Å². The highest BCUT2D eigenvalue weighted by molar-refractivity contribution is 5.89. The van der Waals surface area contributed by atoms with E-state index in [4.69, 9.17) is 0 Å². The van der Waals surface area contributed by atoms with Crippen molar-refractivity contribution < 1.29 is 9.50 Å². The minimum absolute atomic E-state index is 0.133. The topological polar surface area (TPSA) is 70.3 Å². The molecule has 0 bridgehead atoms. The van der Waals surface area contributed by atoms with Crippen molar-refractivity contribution in [2.45, 2.75) is 32.7 Å². The number of anilines is 1. The lowest BCUT2D eigenvalue weighted by Crippen LogP contribution is -2.44. The van der Waals surface area contributed by atoms with Crippen LogP contribution in [0.15, 0.2) is 36.7 Å². The Morgan fingerprint density at radius 1 is 1.12 bits per heavy atom. The largest absolute Gasteiger partial charge is 0.504 e. The van der Waals surface area contributed by atoms with E-state index in [0.717, 1.165) is 49.9 Å². The molecule has 0 spiro atoms. The van der Waals surface area contributed by atoms with Crippen molar-refractivity contribution in [3.63, 3.8) is 0 Å². The second-order valence-electron chi connectivity index (χ2n) is 8.70. The molecule has 172 valence electrons. The summed E-state index contributed by atoms with van der Waals surface area (Å²) in [6, 6.07) is 8.51. The van der Waals surface area contributed by atoms with Crippen LogP contribution in [-0.2, 0) is 7.05 Å². The molecule has 33 heavy (non-hydrogen) atoms. The number of piperidine rings is 1. The normalized spacial score (nSPS) is 15.2. The molecule has 2 aromatic carbocycles. The van der Waals surface area contributed by atoms with Gasteiger partial charge in [-0.3, -0.25) is 4.68 Å². The Balaban J connectivity index is 1.41. The first kappa shape index (κ1) is 21.6. The van der Waals surface area contributed by atoms with E-state index in [1.165, 1.54) is 10.4 Å². The molecule has 0 atom stereocenters. The summed E-state index contributed by atoms with van der Waals surface area (Å²) < 4.78 is 16.2. The highest BCUT2D eigenvalue weighted by Crippen LogP contribution is 2.35. The fraction of sp³-hybridized carbons (Fsp3) is 0.400. The van der Waals surface area contributed by atoms with E-state index in [9.17, 15) is 9.50 Å². The first-order valence-corrected chi connectivity index (χ1v) is 11.6. The van der Waals surface area contributed by atoms with Crippen LogP contribution in [0.25, 0.3) is 33.2 Å². The molecule has 1 N–H and O–H groups in total. The maximum atomic E-state index is 14.7. The third kappa shape index (κ3) is 3.88. The molecule has 2 aromatic heterocycles. The monoisotopic (exact) mass is 448 g/mol. The highest BCUT2D eigenvalue weighted by Gasteiger charge is 2.23. The van der Waals surface area contributed by atoms with Crippen molar-refractivity contribution in [3.05, 3.63) is 42.5 Å². The van der Waals surface area contributed by atoms with E-state index in [1.807, 2.05) is 6.07 Å². The number of nitrogens with zero attached hydrogens (tertiary/aromatic N) is 6. The fourth-order valence-corrected chi connectivity index (χ4v) is 4.98. The summed E-state index contributed by atoms with van der Waals surface area (Å²) in [7, 11) is 1.71. The lowest BCUT2D eigenvalue weighted by Gasteiger charge is -2.38. The Bertz CT molecular complexity index is 1310. The number of hydrogen-bond acceptors (Lipinski definition) is 6. The van der Waals surface area contributed by atoms with Crippen molar-refractivity contribution >= 4 is 27.5 Å². The molecule has 7 nitrogen and oxygen atoms in total. The predicted octanol–water partition coefficient (Wildman–Crippen LogP) is 4.34. The van der Waals surface area contributed by atoms with Crippen molar-refractivity contribution in [3.8, 4) is 17.1 Å². The van der Waals surface area contributed by atoms with Crippen LogP contribution in [-0.4, -0.2) is 62.0 Å². The van der Waals surface area contributed by atoms with Gasteiger partial charge in [-0.25, -0.2) is 14.4 Å². The fourth-order valence-electron chi connectivity index (χ4n) is 4.98. The molecule has 0 amide bonds. The van der Waals surface area contributed by atoms with Gasteiger partial charge < -0.3 is 14.9 Å². The van der Waals surface area contributed by atoms with Gasteiger partial charge in [-0.15, -0.1) is 0 Å². The molecule has 4 aromatic rings. The molecular weight excluding hydrogens is 419 g/mol. The maximum Gasteiger partial charge on any atom is 0.193 e. The van der Waals surface area contributed by atoms with Crippen molar-refractivity contribution in [2.24, 2.45) is 7.05 Å². The zero-order valence-corrected chi connectivity index (χ0v) is 19.3. The van der Waals surface area contributed by atoms with Crippen LogP contribution >= 0.6 is 0 Å². The van der Waals surface area contributed by atoms with E-state index in [0.29, 0.717) is 11.4 Å². The summed E-state index contributed by atoms with van der Waals surface area (Å²) in [4.78, 5) is 14.0. The second-order valence-corrected chi connectivity index (χ2v) is 8.70. The summed E-state index contributed by atoms with van der Waals surface area (Å²) in [5.74, 6) is -0.944. The lowest BCUT2D eigenvalue weighted by molar-refractivity contribution is 0.186. The zero-order chi connectivity index (χ0) is 23.1. The van der Waals surface area contributed by atoms with E-state index >= 15 is 0 Å². The number of hydrogen-bond donors (Lipinski definition) is 1. The third-order valence-corrected chi connectivity index (χ3v) is 6.79. The minimum atomic E-state index is -0.754. The van der Waals surface area contributed by atoms with E-state index in [-0.39, 0.29) is 16.9 Å². The lowest BCUT2D eigenvalue weighted by atomic mass is 10.0. The van der Waals surface area contributed by atoms with Crippen molar-refractivity contribution in [2.75, 3.05) is 31.1 Å². The number of aromatic hydroxyl groups is 1. The average molecular weight is 449 g/mol. The molecule has 1 aliphatic heterocycles. The van der Waals surface area contributed by atoms with Crippen LogP contribution in [0.5, 0.6) is 5.75 Å². The summed E-state index contributed by atoms with van der Waals surface area (Å²) in [5.41, 5.74) is 2.32. The Hall–Kier alpha value is -3.26. The van der Waals surface area contributed by atoms with Crippen LogP contribution in [0.1, 0.15) is 26.7 Å². The maximum absolute atomic E-state index is 14.7. The summed E-state index contributed by atoms with van der Waals surface area (Å²) in [6.07, 6.45) is 5.78. The van der Waals surface area contributed by atoms with Gasteiger partial charge in [0.1, 0.15) is 5.52 Å². The summed E-state index contributed by atoms with van der Waals surface area (Å²) in [6.45, 7) is 8.73. The van der Waals surface area contributed by atoms with Gasteiger partial charge in [-0.2, -0.15) is 5.10 Å². The molecule has 0 aliphatic carbocycles. The molecular formula is C25H29FN6O. The number of aromatic nitrogens is 4. The predicted molar refractivity (Wildman–Crippen MR) is 129 cm³/mol. The molecule has 0 unspecified atom stereocenters. The average Bonchev–Trinajstić information content (AvgIpc) is 3.22. The Labute approximate surface area is 192 Å². The molecule has 8 heteroatoms. The van der Waals surface area contributed by atoms with Crippen LogP contribution in [0.3, 0.4) is 0 Å². The third-order valence-electron chi connectivity index (χ3n) is 6.79. The van der Waals surface area contributed by atoms with Gasteiger partial charge in [-0.05, 0) is 50.2 Å². The summed E-state index contributed by atoms with van der Waals surface area (Å²) in [5, 5.41) is 16.0. The molecule has 5 rings (SSSR count). The second kappa shape index (κ2) is 8.59. The number of rotatable bonds is 5. The smallest absolute Gasteiger partial charge is 0.193 e. The Morgan fingerprint density at radius 2 is 1.88 bits per heavy atom. The standard InChI is InChI=1S/C25H29FN6O/c1-4-31(5-2)18-8-10-32(11-9-18)19-6-7-21-16(12-19)14-27-25(28-21)20-13-17-15-30(3)29-23(17)22(26)24(20)33/h6-7,12-15,18,33H,4-5,8-11H2,1-3H3. The minimum Gasteiger partial charge on any atom is -0.504 e. The van der Waals surface area contributed by atoms with Crippen LogP contribution in [0.2, 0.25) is 0 Å². The first-order chi connectivity index (χ1) is 16.0. The van der Waals surface area contributed by atoms with E-state index in [2.05, 4.69) is 50.8 Å². The molecule has 1 aliphatic rings. The SMILES string of the molecule is CCN(CC)C1CCN(c2ccc3nc(-c4cc5cn(C)nc5c(F)c4O)ncc3c2)CC1. The number of phenolic OH excluding ortho intramolecular Hbond substituents is 1. The number of phenols is 1. The van der Waals surface area contributed by atoms with Gasteiger partial charge in [0.05, 0.1) is 11.1 Å². The van der Waals surface area contributed by atoms with Crippen LogP contribution in [0, 0.1) is 5.82 Å². The molecule has 1 fully saturated rings. The Morgan fingerprint density at radius 3 is 2.61 bits per heavy atom. The molecule has 0 saturated carbocycles. The van der Waals surface area contributed by atoms with Gasteiger partial charge >= 0.3 is 0 Å². The van der Waals surface area contributed by atoms with E-state index < -0.39 is 11.6 Å². The Kier molecular flexibility index (Phi) is 5.62. The number of fused-ring (bicyclic) bond motifs is 2. The van der Waals surface area contributed by atoms with Gasteiger partial charge in [0.2, 0.25) is 0 Å². The summed E-state index contributed by atoms with van der Waals surface area (Å²) >= 11 is 0. The van der Waals surface area contributed by atoms with Gasteiger partial charge in [0.25, 0.3) is 0 Å². The van der Waals surface area contributed by atoms with Crippen LogP contribution < -0.4 is 4.90 Å². The molecule has 3 heterocycles. The zero-order valence-electron chi connectivity index (χ0n) is 19.3. The molecule has 0 radical (unpaired) electrons.